The van der Waals surface area contributed by atoms with Crippen LogP contribution in [0.1, 0.15) is 52.6 Å². The Kier molecular flexibility index (Phi) is 4.85. The third-order valence-corrected chi connectivity index (χ3v) is 5.33. The summed E-state index contributed by atoms with van der Waals surface area (Å²) in [6.07, 6.45) is 0.482. The number of hydrogen-bond donors (Lipinski definition) is 1. The molecular formula is C22H22N2O6. The fourth-order valence-electron chi connectivity index (χ4n) is 3.97. The molecular weight excluding hydrogens is 388 g/mol. The number of ether oxygens (including phenoxy) is 3. The summed E-state index contributed by atoms with van der Waals surface area (Å²) >= 11 is 0. The van der Waals surface area contributed by atoms with E-state index in [1.807, 2.05) is 6.92 Å². The van der Waals surface area contributed by atoms with Crippen LogP contribution in [-0.2, 0) is 9.47 Å². The lowest BCUT2D eigenvalue weighted by molar-refractivity contribution is 0.0377. The predicted molar refractivity (Wildman–Crippen MR) is 108 cm³/mol. The average molecular weight is 410 g/mol. The Labute approximate surface area is 173 Å². The van der Waals surface area contributed by atoms with Crippen molar-refractivity contribution in [3.63, 3.8) is 0 Å². The van der Waals surface area contributed by atoms with E-state index in [1.54, 1.807) is 49.4 Å². The third-order valence-electron chi connectivity index (χ3n) is 5.33. The van der Waals surface area contributed by atoms with E-state index in [0.29, 0.717) is 35.6 Å². The average Bonchev–Trinajstić information content (AvgIpc) is 2.73. The van der Waals surface area contributed by atoms with Gasteiger partial charge < -0.3 is 19.5 Å². The lowest BCUT2D eigenvalue weighted by Crippen LogP contribution is -2.65. The molecule has 1 saturated heterocycles. The lowest BCUT2D eigenvalue weighted by atomic mass is 9.89. The smallest absolute Gasteiger partial charge is 0.338 e. The molecule has 2 aliphatic heterocycles. The van der Waals surface area contributed by atoms with Gasteiger partial charge in [-0.25, -0.2) is 14.4 Å². The van der Waals surface area contributed by atoms with Gasteiger partial charge in [0.1, 0.15) is 5.75 Å². The minimum atomic E-state index is -0.932. The number of nitrogens with zero attached hydrogens (tertiary/aromatic N) is 1. The van der Waals surface area contributed by atoms with E-state index < -0.39 is 17.7 Å². The zero-order valence-corrected chi connectivity index (χ0v) is 16.9. The zero-order chi connectivity index (χ0) is 21.5. The molecule has 0 spiro atoms. The van der Waals surface area contributed by atoms with Gasteiger partial charge in [0.05, 0.1) is 30.9 Å². The van der Waals surface area contributed by atoms with Crippen molar-refractivity contribution in [2.45, 2.75) is 32.0 Å². The molecule has 8 nitrogen and oxygen atoms in total. The first kappa shape index (κ1) is 19.8. The second-order valence-electron chi connectivity index (χ2n) is 7.33. The minimum absolute atomic E-state index is 0.291. The molecule has 2 aromatic rings. The minimum Gasteiger partial charge on any atom is -0.467 e. The largest absolute Gasteiger partial charge is 0.467 e. The zero-order valence-electron chi connectivity index (χ0n) is 16.9. The second-order valence-corrected chi connectivity index (χ2v) is 7.33. The van der Waals surface area contributed by atoms with Crippen LogP contribution in [0.2, 0.25) is 0 Å². The van der Waals surface area contributed by atoms with Gasteiger partial charge in [0.25, 0.3) is 0 Å². The van der Waals surface area contributed by atoms with E-state index in [4.69, 9.17) is 14.2 Å². The van der Waals surface area contributed by atoms with Crippen molar-refractivity contribution in [1.29, 1.82) is 0 Å². The SMILES string of the molecule is CCOC(=O)c1ccc(N2C(=O)N[C@@H]3C[C@]2(C)Oc2ccc(C(=O)OC)cc23)cc1. The number of rotatable bonds is 4. The Morgan fingerprint density at radius 2 is 1.87 bits per heavy atom. The summed E-state index contributed by atoms with van der Waals surface area (Å²) in [5.41, 5.74) is 1.20. The summed E-state index contributed by atoms with van der Waals surface area (Å²) in [5.74, 6) is -0.270. The van der Waals surface area contributed by atoms with E-state index >= 15 is 0 Å². The van der Waals surface area contributed by atoms with E-state index in [-0.39, 0.29) is 12.1 Å². The highest BCUT2D eigenvalue weighted by Gasteiger charge is 2.50. The topological polar surface area (TPSA) is 94.2 Å². The van der Waals surface area contributed by atoms with Crippen LogP contribution in [-0.4, -0.2) is 37.4 Å². The van der Waals surface area contributed by atoms with Crippen molar-refractivity contribution in [3.05, 3.63) is 59.2 Å². The second kappa shape index (κ2) is 7.37. The maximum atomic E-state index is 13.0. The van der Waals surface area contributed by atoms with Crippen molar-refractivity contribution in [2.24, 2.45) is 0 Å². The summed E-state index contributed by atoms with van der Waals surface area (Å²) in [6, 6.07) is 11.0. The summed E-state index contributed by atoms with van der Waals surface area (Å²) in [5, 5.41) is 2.98. The number of carbonyl (C=O) groups excluding carboxylic acids is 3. The Hall–Kier alpha value is -3.55. The highest BCUT2D eigenvalue weighted by molar-refractivity contribution is 5.96. The molecule has 30 heavy (non-hydrogen) atoms. The number of anilines is 1. The number of hydrogen-bond acceptors (Lipinski definition) is 6. The molecule has 1 N–H and O–H groups in total. The van der Waals surface area contributed by atoms with Crippen LogP contribution in [0.3, 0.4) is 0 Å². The monoisotopic (exact) mass is 410 g/mol. The molecule has 2 amide bonds. The Morgan fingerprint density at radius 3 is 2.53 bits per heavy atom. The number of amides is 2. The van der Waals surface area contributed by atoms with Gasteiger partial charge in [0, 0.05) is 17.7 Å². The molecule has 156 valence electrons. The molecule has 0 radical (unpaired) electrons. The van der Waals surface area contributed by atoms with Crippen LogP contribution in [0.4, 0.5) is 10.5 Å². The molecule has 2 aromatic carbocycles. The standard InChI is InChI=1S/C22H22N2O6/c1-4-29-20(26)13-5-8-15(9-6-13)24-21(27)23-17-12-22(24,2)30-18-10-7-14(11-16(17)18)19(25)28-3/h5-11,17H,4,12H2,1-3H3,(H,23,27)/t17-,22+/m1/s1. The van der Waals surface area contributed by atoms with Gasteiger partial charge in [-0.3, -0.25) is 4.90 Å². The van der Waals surface area contributed by atoms with Crippen LogP contribution in [0.25, 0.3) is 0 Å². The molecule has 8 heteroatoms. The normalized spacial score (nSPS) is 21.8. The highest BCUT2D eigenvalue weighted by atomic mass is 16.5. The molecule has 2 bridgehead atoms. The fraction of sp³-hybridized carbons (Fsp3) is 0.318. The molecule has 2 aliphatic rings. The summed E-state index contributed by atoms with van der Waals surface area (Å²) in [7, 11) is 1.32. The Balaban J connectivity index is 1.66. The Morgan fingerprint density at radius 1 is 1.17 bits per heavy atom. The summed E-state index contributed by atoms with van der Waals surface area (Å²) in [6.45, 7) is 3.88. The third kappa shape index (κ3) is 3.24. The number of urea groups is 1. The maximum absolute atomic E-state index is 13.0. The van der Waals surface area contributed by atoms with Crippen molar-refractivity contribution < 1.29 is 28.6 Å². The molecule has 2 heterocycles. The number of methoxy groups -OCH3 is 1. The van der Waals surface area contributed by atoms with E-state index in [9.17, 15) is 14.4 Å². The molecule has 0 aliphatic carbocycles. The summed E-state index contributed by atoms with van der Waals surface area (Å²) < 4.78 is 16.0. The van der Waals surface area contributed by atoms with Crippen LogP contribution in [0.15, 0.2) is 42.5 Å². The molecule has 4 rings (SSSR count). The van der Waals surface area contributed by atoms with Gasteiger partial charge >= 0.3 is 18.0 Å². The molecule has 2 atom stereocenters. The van der Waals surface area contributed by atoms with E-state index in [0.717, 1.165) is 5.56 Å². The first-order valence-corrected chi connectivity index (χ1v) is 9.65. The van der Waals surface area contributed by atoms with Crippen LogP contribution < -0.4 is 15.0 Å². The van der Waals surface area contributed by atoms with Gasteiger partial charge in [-0.05, 0) is 56.3 Å². The number of esters is 2. The van der Waals surface area contributed by atoms with Gasteiger partial charge in [-0.15, -0.1) is 0 Å². The van der Waals surface area contributed by atoms with Gasteiger partial charge in [0.15, 0.2) is 5.72 Å². The van der Waals surface area contributed by atoms with Crippen molar-refractivity contribution in [1.82, 2.24) is 5.32 Å². The first-order chi connectivity index (χ1) is 14.4. The van der Waals surface area contributed by atoms with Crippen molar-refractivity contribution >= 4 is 23.7 Å². The molecule has 0 unspecified atom stereocenters. The molecule has 1 fully saturated rings. The summed E-state index contributed by atoms with van der Waals surface area (Å²) in [4.78, 5) is 38.3. The van der Waals surface area contributed by atoms with Crippen LogP contribution in [0, 0.1) is 0 Å². The van der Waals surface area contributed by atoms with Crippen LogP contribution in [0.5, 0.6) is 5.75 Å². The quantitative estimate of drug-likeness (QED) is 0.777. The van der Waals surface area contributed by atoms with Crippen molar-refractivity contribution in [2.75, 3.05) is 18.6 Å². The maximum Gasteiger partial charge on any atom is 0.338 e. The first-order valence-electron chi connectivity index (χ1n) is 9.65. The number of fused-ring (bicyclic) bond motifs is 4. The number of nitrogens with one attached hydrogen (secondary N) is 1. The highest BCUT2D eigenvalue weighted by Crippen LogP contribution is 2.45. The predicted octanol–water partition coefficient (Wildman–Crippen LogP) is 3.42. The van der Waals surface area contributed by atoms with Crippen LogP contribution >= 0.6 is 0 Å². The number of carbonyl (C=O) groups is 3. The van der Waals surface area contributed by atoms with Gasteiger partial charge in [-0.2, -0.15) is 0 Å². The van der Waals surface area contributed by atoms with E-state index in [2.05, 4.69) is 5.32 Å². The molecule has 0 aromatic heterocycles. The van der Waals surface area contributed by atoms with E-state index in [1.165, 1.54) is 12.0 Å². The van der Waals surface area contributed by atoms with Crippen molar-refractivity contribution in [3.8, 4) is 5.75 Å². The Bertz CT molecular complexity index is 1020. The van der Waals surface area contributed by atoms with Gasteiger partial charge in [-0.1, -0.05) is 0 Å². The lowest BCUT2D eigenvalue weighted by Gasteiger charge is -2.50. The molecule has 0 saturated carbocycles. The fourth-order valence-corrected chi connectivity index (χ4v) is 3.97. The van der Waals surface area contributed by atoms with Gasteiger partial charge in [0.2, 0.25) is 0 Å². The number of benzene rings is 2.